The van der Waals surface area contributed by atoms with Gasteiger partial charge in [0.05, 0.1) is 11.4 Å². The van der Waals surface area contributed by atoms with Crippen molar-refractivity contribution < 1.29 is 13.2 Å². The number of nitrogens with one attached hydrogen (secondary N) is 1. The third-order valence-corrected chi connectivity index (χ3v) is 6.64. The van der Waals surface area contributed by atoms with E-state index in [0.717, 1.165) is 15.4 Å². The number of nitrogens with zero attached hydrogens (tertiary/aromatic N) is 1. The minimum absolute atomic E-state index is 0.0407. The number of sulfonamides is 1. The number of benzene rings is 3. The first-order chi connectivity index (χ1) is 14.3. The second-order valence-electron chi connectivity index (χ2n) is 6.62. The van der Waals surface area contributed by atoms with Crippen LogP contribution in [-0.4, -0.2) is 25.2 Å². The summed E-state index contributed by atoms with van der Waals surface area (Å²) < 4.78 is 27.5. The molecule has 0 aliphatic rings. The number of rotatable bonds is 8. The molecule has 0 aliphatic carbocycles. The van der Waals surface area contributed by atoms with E-state index in [1.807, 2.05) is 6.07 Å². The lowest BCUT2D eigenvalue weighted by Gasteiger charge is -2.22. The van der Waals surface area contributed by atoms with Crippen LogP contribution in [0.2, 0.25) is 10.0 Å². The molecule has 3 aromatic rings. The number of amides is 1. The molecule has 1 N–H and O–H groups in total. The summed E-state index contributed by atoms with van der Waals surface area (Å²) in [6.45, 7) is -0.0288. The predicted molar refractivity (Wildman–Crippen MR) is 119 cm³/mol. The van der Waals surface area contributed by atoms with E-state index in [0.29, 0.717) is 10.0 Å². The third-order valence-electron chi connectivity index (χ3n) is 4.35. The van der Waals surface area contributed by atoms with Crippen molar-refractivity contribution in [1.29, 1.82) is 0 Å². The first-order valence-electron chi connectivity index (χ1n) is 9.15. The van der Waals surface area contributed by atoms with E-state index in [-0.39, 0.29) is 24.5 Å². The standard InChI is InChI=1S/C22H20Cl2N2O3S/c23-19-11-9-17(10-12-19)15-26(30(28,29)21-7-2-1-3-8-21)16-22(27)25-14-18-5-4-6-20(24)13-18/h1-13H,14-16H2,(H,25,27). The Balaban J connectivity index is 1.78. The van der Waals surface area contributed by atoms with Gasteiger partial charge >= 0.3 is 0 Å². The number of halogens is 2. The number of carbonyl (C=O) groups excluding carboxylic acids is 1. The zero-order chi connectivity index (χ0) is 21.6. The maximum atomic E-state index is 13.2. The Hall–Kier alpha value is -2.38. The molecule has 3 rings (SSSR count). The summed E-state index contributed by atoms with van der Waals surface area (Å²) in [6, 6.07) is 22.0. The normalized spacial score (nSPS) is 11.4. The van der Waals surface area contributed by atoms with Crippen LogP contribution in [0.5, 0.6) is 0 Å². The van der Waals surface area contributed by atoms with Crippen molar-refractivity contribution in [3.05, 3.63) is 100 Å². The topological polar surface area (TPSA) is 66.5 Å². The van der Waals surface area contributed by atoms with Crippen LogP contribution in [0.15, 0.2) is 83.8 Å². The van der Waals surface area contributed by atoms with Gasteiger partial charge in [0.25, 0.3) is 0 Å². The molecule has 0 radical (unpaired) electrons. The molecular formula is C22H20Cl2N2O3S. The maximum absolute atomic E-state index is 13.2. The summed E-state index contributed by atoms with van der Waals surface area (Å²) in [5.41, 5.74) is 1.55. The Morgan fingerprint density at radius 2 is 1.53 bits per heavy atom. The highest BCUT2D eigenvalue weighted by atomic mass is 35.5. The molecule has 156 valence electrons. The molecule has 0 fully saturated rings. The smallest absolute Gasteiger partial charge is 0.243 e. The van der Waals surface area contributed by atoms with E-state index in [2.05, 4.69) is 5.32 Å². The quantitative estimate of drug-likeness (QED) is 0.535. The van der Waals surface area contributed by atoms with Gasteiger partial charge in [-0.2, -0.15) is 4.31 Å². The second kappa shape index (κ2) is 10.1. The molecule has 5 nitrogen and oxygen atoms in total. The van der Waals surface area contributed by atoms with Crippen LogP contribution < -0.4 is 5.32 Å². The number of carbonyl (C=O) groups is 1. The van der Waals surface area contributed by atoms with Crippen molar-refractivity contribution >= 4 is 39.1 Å². The highest BCUT2D eigenvalue weighted by Gasteiger charge is 2.26. The molecule has 0 bridgehead atoms. The van der Waals surface area contributed by atoms with Crippen LogP contribution in [0, 0.1) is 0 Å². The van der Waals surface area contributed by atoms with Crippen LogP contribution in [0.4, 0.5) is 0 Å². The van der Waals surface area contributed by atoms with Gasteiger partial charge in [-0.1, -0.05) is 65.7 Å². The van der Waals surface area contributed by atoms with Crippen molar-refractivity contribution in [3.63, 3.8) is 0 Å². The van der Waals surface area contributed by atoms with Gasteiger partial charge in [-0.3, -0.25) is 4.79 Å². The third kappa shape index (κ3) is 6.06. The van der Waals surface area contributed by atoms with Crippen LogP contribution in [0.3, 0.4) is 0 Å². The van der Waals surface area contributed by atoms with Crippen molar-refractivity contribution in [2.45, 2.75) is 18.0 Å². The molecule has 0 unspecified atom stereocenters. The lowest BCUT2D eigenvalue weighted by molar-refractivity contribution is -0.121. The summed E-state index contributed by atoms with van der Waals surface area (Å²) in [5.74, 6) is -0.413. The Bertz CT molecular complexity index is 1100. The van der Waals surface area contributed by atoms with E-state index in [1.165, 1.54) is 12.1 Å². The average molecular weight is 463 g/mol. The van der Waals surface area contributed by atoms with Crippen LogP contribution in [0.25, 0.3) is 0 Å². The number of hydrogen-bond acceptors (Lipinski definition) is 3. The molecule has 0 aliphatic heterocycles. The molecular weight excluding hydrogens is 443 g/mol. The minimum Gasteiger partial charge on any atom is -0.351 e. The van der Waals surface area contributed by atoms with Gasteiger partial charge in [-0.05, 0) is 47.5 Å². The van der Waals surface area contributed by atoms with Crippen LogP contribution in [-0.2, 0) is 27.9 Å². The van der Waals surface area contributed by atoms with Gasteiger partial charge in [0.15, 0.2) is 0 Å². The zero-order valence-corrected chi connectivity index (χ0v) is 18.3. The lowest BCUT2D eigenvalue weighted by Crippen LogP contribution is -2.40. The van der Waals surface area contributed by atoms with Crippen molar-refractivity contribution in [2.24, 2.45) is 0 Å². The summed E-state index contributed by atoms with van der Waals surface area (Å²) >= 11 is 11.9. The summed E-state index contributed by atoms with van der Waals surface area (Å²) in [4.78, 5) is 12.7. The number of hydrogen-bond donors (Lipinski definition) is 1. The van der Waals surface area contributed by atoms with E-state index >= 15 is 0 Å². The van der Waals surface area contributed by atoms with E-state index in [9.17, 15) is 13.2 Å². The summed E-state index contributed by atoms with van der Waals surface area (Å²) in [6.07, 6.45) is 0. The molecule has 0 saturated carbocycles. The van der Waals surface area contributed by atoms with Gasteiger partial charge in [0.1, 0.15) is 0 Å². The van der Waals surface area contributed by atoms with E-state index in [4.69, 9.17) is 23.2 Å². The van der Waals surface area contributed by atoms with Gasteiger partial charge in [-0.25, -0.2) is 8.42 Å². The van der Waals surface area contributed by atoms with Crippen molar-refractivity contribution in [2.75, 3.05) is 6.54 Å². The molecule has 3 aromatic carbocycles. The van der Waals surface area contributed by atoms with Gasteiger partial charge in [0.2, 0.25) is 15.9 Å². The second-order valence-corrected chi connectivity index (χ2v) is 9.43. The SMILES string of the molecule is O=C(CN(Cc1ccc(Cl)cc1)S(=O)(=O)c1ccccc1)NCc1cccc(Cl)c1. The molecule has 8 heteroatoms. The molecule has 0 aromatic heterocycles. The summed E-state index contributed by atoms with van der Waals surface area (Å²) in [5, 5.41) is 3.87. The molecule has 0 heterocycles. The van der Waals surface area contributed by atoms with Crippen molar-refractivity contribution in [3.8, 4) is 0 Å². The zero-order valence-electron chi connectivity index (χ0n) is 16.0. The molecule has 30 heavy (non-hydrogen) atoms. The molecule has 1 amide bonds. The largest absolute Gasteiger partial charge is 0.351 e. The van der Waals surface area contributed by atoms with E-state index < -0.39 is 15.9 Å². The fourth-order valence-electron chi connectivity index (χ4n) is 2.82. The Morgan fingerprint density at radius 1 is 0.833 bits per heavy atom. The Labute approximate surface area is 186 Å². The van der Waals surface area contributed by atoms with Gasteiger partial charge in [-0.15, -0.1) is 0 Å². The first-order valence-corrected chi connectivity index (χ1v) is 11.3. The van der Waals surface area contributed by atoms with Crippen molar-refractivity contribution in [1.82, 2.24) is 9.62 Å². The highest BCUT2D eigenvalue weighted by Crippen LogP contribution is 2.19. The first kappa shape index (κ1) is 22.3. The van der Waals surface area contributed by atoms with Crippen LogP contribution >= 0.6 is 23.2 Å². The maximum Gasteiger partial charge on any atom is 0.243 e. The molecule has 0 saturated heterocycles. The molecule has 0 spiro atoms. The Morgan fingerprint density at radius 3 is 2.20 bits per heavy atom. The molecule has 0 atom stereocenters. The Kier molecular flexibility index (Phi) is 7.50. The summed E-state index contributed by atoms with van der Waals surface area (Å²) in [7, 11) is -3.88. The van der Waals surface area contributed by atoms with Gasteiger partial charge in [0, 0.05) is 23.1 Å². The van der Waals surface area contributed by atoms with Gasteiger partial charge < -0.3 is 5.32 Å². The monoisotopic (exact) mass is 462 g/mol. The lowest BCUT2D eigenvalue weighted by atomic mass is 10.2. The minimum atomic E-state index is -3.88. The van der Waals surface area contributed by atoms with E-state index in [1.54, 1.807) is 60.7 Å². The fraction of sp³-hybridized carbons (Fsp3) is 0.136. The average Bonchev–Trinajstić information content (AvgIpc) is 2.74. The fourth-order valence-corrected chi connectivity index (χ4v) is 4.57. The van der Waals surface area contributed by atoms with Crippen LogP contribution in [0.1, 0.15) is 11.1 Å². The predicted octanol–water partition coefficient (Wildman–Crippen LogP) is 4.50. The highest BCUT2D eigenvalue weighted by molar-refractivity contribution is 7.89.